The summed E-state index contributed by atoms with van der Waals surface area (Å²) >= 11 is 7.68. The zero-order valence-corrected chi connectivity index (χ0v) is 12.0. The molecule has 2 rings (SSSR count). The van der Waals surface area contributed by atoms with E-state index < -0.39 is 0 Å². The standard InChI is InChI=1S/C13H15ClN2S/c1-8-7-11(14)16-12(15-8)9-5-6-10(17-9)13(2,3)4/h5-7H,1-4H3. The van der Waals surface area contributed by atoms with Crippen molar-refractivity contribution in [2.75, 3.05) is 0 Å². The highest BCUT2D eigenvalue weighted by atomic mass is 35.5. The molecule has 90 valence electrons. The van der Waals surface area contributed by atoms with Crippen molar-refractivity contribution in [3.05, 3.63) is 33.9 Å². The Kier molecular flexibility index (Phi) is 3.23. The first-order valence-corrected chi connectivity index (χ1v) is 6.67. The molecule has 2 heterocycles. The van der Waals surface area contributed by atoms with Crippen LogP contribution >= 0.6 is 22.9 Å². The van der Waals surface area contributed by atoms with Gasteiger partial charge in [-0.05, 0) is 30.5 Å². The molecule has 0 fully saturated rings. The van der Waals surface area contributed by atoms with Gasteiger partial charge >= 0.3 is 0 Å². The average molecular weight is 267 g/mol. The Morgan fingerprint density at radius 2 is 1.88 bits per heavy atom. The number of halogens is 1. The molecule has 17 heavy (non-hydrogen) atoms. The molecule has 2 aromatic rings. The van der Waals surface area contributed by atoms with Gasteiger partial charge in [0.25, 0.3) is 0 Å². The summed E-state index contributed by atoms with van der Waals surface area (Å²) in [4.78, 5) is 11.1. The Bertz CT molecular complexity index is 520. The number of aryl methyl sites for hydroxylation is 1. The first-order valence-electron chi connectivity index (χ1n) is 5.48. The van der Waals surface area contributed by atoms with Crippen molar-refractivity contribution in [2.24, 2.45) is 0 Å². The molecule has 0 saturated carbocycles. The normalized spacial score (nSPS) is 11.8. The lowest BCUT2D eigenvalue weighted by atomic mass is 9.95. The maximum Gasteiger partial charge on any atom is 0.171 e. The molecule has 0 aliphatic carbocycles. The van der Waals surface area contributed by atoms with Crippen LogP contribution in [-0.4, -0.2) is 9.97 Å². The molecule has 0 aliphatic rings. The van der Waals surface area contributed by atoms with Crippen molar-refractivity contribution in [1.29, 1.82) is 0 Å². The molecule has 0 unspecified atom stereocenters. The summed E-state index contributed by atoms with van der Waals surface area (Å²) < 4.78 is 0. The van der Waals surface area contributed by atoms with Crippen molar-refractivity contribution in [3.63, 3.8) is 0 Å². The fraction of sp³-hybridized carbons (Fsp3) is 0.385. The van der Waals surface area contributed by atoms with E-state index in [0.29, 0.717) is 5.15 Å². The summed E-state index contributed by atoms with van der Waals surface area (Å²) in [5.74, 6) is 0.718. The Labute approximate surface area is 111 Å². The van der Waals surface area contributed by atoms with E-state index >= 15 is 0 Å². The van der Waals surface area contributed by atoms with E-state index in [1.807, 2.05) is 6.92 Å². The quantitative estimate of drug-likeness (QED) is 0.712. The molecule has 4 heteroatoms. The van der Waals surface area contributed by atoms with Crippen LogP contribution in [0, 0.1) is 6.92 Å². The van der Waals surface area contributed by atoms with Gasteiger partial charge in [0.15, 0.2) is 5.82 Å². The fourth-order valence-electron chi connectivity index (χ4n) is 1.50. The highest BCUT2D eigenvalue weighted by Gasteiger charge is 2.17. The van der Waals surface area contributed by atoms with Crippen LogP contribution in [0.5, 0.6) is 0 Å². The molecule has 0 spiro atoms. The fourth-order valence-corrected chi connectivity index (χ4v) is 2.74. The average Bonchev–Trinajstić information content (AvgIpc) is 2.63. The Morgan fingerprint density at radius 1 is 1.18 bits per heavy atom. The van der Waals surface area contributed by atoms with Crippen LogP contribution in [0.1, 0.15) is 31.3 Å². The van der Waals surface area contributed by atoms with Gasteiger partial charge in [-0.15, -0.1) is 11.3 Å². The molecular formula is C13H15ClN2S. The van der Waals surface area contributed by atoms with Crippen molar-refractivity contribution < 1.29 is 0 Å². The minimum absolute atomic E-state index is 0.163. The summed E-state index contributed by atoms with van der Waals surface area (Å²) in [5.41, 5.74) is 1.06. The van der Waals surface area contributed by atoms with Gasteiger partial charge in [-0.1, -0.05) is 32.4 Å². The van der Waals surface area contributed by atoms with Crippen LogP contribution in [0.15, 0.2) is 18.2 Å². The lowest BCUT2D eigenvalue weighted by Crippen LogP contribution is -2.07. The maximum absolute atomic E-state index is 5.95. The molecule has 0 radical (unpaired) electrons. The van der Waals surface area contributed by atoms with Crippen LogP contribution in [0.3, 0.4) is 0 Å². The molecule has 0 aromatic carbocycles. The molecular weight excluding hydrogens is 252 g/mol. The minimum Gasteiger partial charge on any atom is -0.233 e. The van der Waals surface area contributed by atoms with E-state index in [4.69, 9.17) is 11.6 Å². The van der Waals surface area contributed by atoms with Gasteiger partial charge in [0.2, 0.25) is 0 Å². The first-order chi connectivity index (χ1) is 7.86. The Balaban J connectivity index is 2.44. The van der Waals surface area contributed by atoms with E-state index in [0.717, 1.165) is 16.4 Å². The van der Waals surface area contributed by atoms with E-state index in [1.54, 1.807) is 17.4 Å². The van der Waals surface area contributed by atoms with Crippen LogP contribution < -0.4 is 0 Å². The number of thiophene rings is 1. The second-order valence-electron chi connectivity index (χ2n) is 5.07. The number of rotatable bonds is 1. The van der Waals surface area contributed by atoms with Gasteiger partial charge < -0.3 is 0 Å². The highest BCUT2D eigenvalue weighted by molar-refractivity contribution is 7.15. The number of aromatic nitrogens is 2. The van der Waals surface area contributed by atoms with Crippen LogP contribution in [0.4, 0.5) is 0 Å². The predicted octanol–water partition coefficient (Wildman–Crippen LogP) is 4.46. The number of hydrogen-bond acceptors (Lipinski definition) is 3. The smallest absolute Gasteiger partial charge is 0.171 e. The third-order valence-corrected chi connectivity index (χ3v) is 4.09. The SMILES string of the molecule is Cc1cc(Cl)nc(-c2ccc(C(C)(C)C)s2)n1. The summed E-state index contributed by atoms with van der Waals surface area (Å²) in [6.45, 7) is 8.53. The highest BCUT2D eigenvalue weighted by Crippen LogP contribution is 2.33. The molecule has 2 nitrogen and oxygen atoms in total. The zero-order chi connectivity index (χ0) is 12.6. The van der Waals surface area contributed by atoms with Gasteiger partial charge in [-0.3, -0.25) is 0 Å². The molecule has 0 N–H and O–H groups in total. The van der Waals surface area contributed by atoms with Crippen LogP contribution in [-0.2, 0) is 5.41 Å². The summed E-state index contributed by atoms with van der Waals surface area (Å²) in [6.07, 6.45) is 0. The van der Waals surface area contributed by atoms with Crippen LogP contribution in [0.25, 0.3) is 10.7 Å². The van der Waals surface area contributed by atoms with Gasteiger partial charge in [0.1, 0.15) is 5.15 Å². The lowest BCUT2D eigenvalue weighted by molar-refractivity contribution is 0.604. The van der Waals surface area contributed by atoms with E-state index in [9.17, 15) is 0 Å². The number of nitrogens with zero attached hydrogens (tertiary/aromatic N) is 2. The van der Waals surface area contributed by atoms with E-state index in [2.05, 4.69) is 42.9 Å². The van der Waals surface area contributed by atoms with Crippen molar-refractivity contribution in [2.45, 2.75) is 33.1 Å². The molecule has 0 atom stereocenters. The van der Waals surface area contributed by atoms with Gasteiger partial charge in [-0.25, -0.2) is 9.97 Å². The van der Waals surface area contributed by atoms with Gasteiger partial charge in [0.05, 0.1) is 4.88 Å². The van der Waals surface area contributed by atoms with E-state index in [1.165, 1.54) is 4.88 Å². The summed E-state index contributed by atoms with van der Waals surface area (Å²) in [5, 5.41) is 0.498. The maximum atomic E-state index is 5.95. The Hall–Kier alpha value is -0.930. The van der Waals surface area contributed by atoms with Crippen molar-refractivity contribution in [1.82, 2.24) is 9.97 Å². The monoisotopic (exact) mass is 266 g/mol. The molecule has 0 bridgehead atoms. The second-order valence-corrected chi connectivity index (χ2v) is 6.54. The summed E-state index contributed by atoms with van der Waals surface area (Å²) in [6, 6.07) is 5.97. The van der Waals surface area contributed by atoms with Gasteiger partial charge in [0, 0.05) is 10.6 Å². The van der Waals surface area contributed by atoms with Crippen LogP contribution in [0.2, 0.25) is 5.15 Å². The minimum atomic E-state index is 0.163. The molecule has 0 amide bonds. The van der Waals surface area contributed by atoms with Gasteiger partial charge in [-0.2, -0.15) is 0 Å². The zero-order valence-electron chi connectivity index (χ0n) is 10.4. The van der Waals surface area contributed by atoms with Crippen molar-refractivity contribution >= 4 is 22.9 Å². The Morgan fingerprint density at radius 3 is 2.41 bits per heavy atom. The molecule has 2 aromatic heterocycles. The predicted molar refractivity (Wildman–Crippen MR) is 73.8 cm³/mol. The van der Waals surface area contributed by atoms with Crippen molar-refractivity contribution in [3.8, 4) is 10.7 Å². The topological polar surface area (TPSA) is 25.8 Å². The largest absolute Gasteiger partial charge is 0.233 e. The van der Waals surface area contributed by atoms with E-state index in [-0.39, 0.29) is 5.41 Å². The first kappa shape index (κ1) is 12.5. The lowest BCUT2D eigenvalue weighted by Gasteiger charge is -2.15. The molecule has 0 aliphatic heterocycles. The number of hydrogen-bond donors (Lipinski definition) is 0. The third kappa shape index (κ3) is 2.85. The second kappa shape index (κ2) is 4.39. The molecule has 0 saturated heterocycles. The third-order valence-electron chi connectivity index (χ3n) is 2.39. The summed E-state index contributed by atoms with van der Waals surface area (Å²) in [7, 11) is 0.